The zero-order valence-electron chi connectivity index (χ0n) is 34.1. The number of hydrogen-bond donors (Lipinski definition) is 1. The largest absolute Gasteiger partial charge is 0.444 e. The van der Waals surface area contributed by atoms with Crippen LogP contribution >= 0.6 is 0 Å². The molecule has 1 N–H and O–H groups in total. The number of nitrogens with one attached hydrogen (secondary N) is 1. The Morgan fingerprint density at radius 3 is 1.97 bits per heavy atom. The molecular formula is C46H52F5N3O3Si. The lowest BCUT2D eigenvalue weighted by Crippen LogP contribution is -2.67. The zero-order valence-corrected chi connectivity index (χ0v) is 35.1. The maximum absolute atomic E-state index is 16.9. The number of rotatable bonds is 10. The van der Waals surface area contributed by atoms with Gasteiger partial charge in [0.15, 0.2) is 0 Å². The Hall–Kier alpha value is -4.52. The van der Waals surface area contributed by atoms with E-state index in [-0.39, 0.29) is 18.7 Å². The first-order valence-electron chi connectivity index (χ1n) is 19.9. The molecule has 0 radical (unpaired) electrons. The minimum atomic E-state index is -3.47. The highest BCUT2D eigenvalue weighted by molar-refractivity contribution is 6.99. The quantitative estimate of drug-likeness (QED) is 0.113. The van der Waals surface area contributed by atoms with Crippen LogP contribution in [0.5, 0.6) is 0 Å². The molecular weight excluding hydrogens is 766 g/mol. The summed E-state index contributed by atoms with van der Waals surface area (Å²) in [5.41, 5.74) is 0.534. The second-order valence-electron chi connectivity index (χ2n) is 17.9. The molecule has 0 saturated carbocycles. The molecule has 1 saturated heterocycles. The average molecular weight is 818 g/mol. The predicted octanol–water partition coefficient (Wildman–Crippen LogP) is 9.87. The molecule has 1 aromatic heterocycles. The molecule has 0 bridgehead atoms. The van der Waals surface area contributed by atoms with Crippen molar-refractivity contribution in [2.45, 2.75) is 89.7 Å². The summed E-state index contributed by atoms with van der Waals surface area (Å²) in [4.78, 5) is 18.6. The number of halogens is 5. The number of amides is 1. The third-order valence-corrected chi connectivity index (χ3v) is 16.5. The summed E-state index contributed by atoms with van der Waals surface area (Å²) in [6, 6.07) is 26.5. The second kappa shape index (κ2) is 15.6. The van der Waals surface area contributed by atoms with Crippen molar-refractivity contribution in [3.63, 3.8) is 0 Å². The molecule has 7 rings (SSSR count). The lowest BCUT2D eigenvalue weighted by atomic mass is 9.86. The van der Waals surface area contributed by atoms with Crippen LogP contribution < -0.4 is 10.4 Å². The molecule has 12 heteroatoms. The molecule has 1 amide bonds. The number of fused-ring (bicyclic) bond motifs is 3. The highest BCUT2D eigenvalue weighted by Crippen LogP contribution is 2.45. The molecule has 6 nitrogen and oxygen atoms in total. The Morgan fingerprint density at radius 2 is 1.41 bits per heavy atom. The second-order valence-corrected chi connectivity index (χ2v) is 22.2. The molecule has 2 aliphatic heterocycles. The van der Waals surface area contributed by atoms with Gasteiger partial charge in [-0.05, 0) is 78.9 Å². The van der Waals surface area contributed by atoms with E-state index in [4.69, 9.17) is 9.16 Å². The standard InChI is InChI=1S/C46H52F5N3O3Si/c1-29-22-35-34-20-14-15-21-38(34)52-41(35)42(39-36(47)23-30(24-37(39)48)40(49)31-25-53(26-31)43(55)57-44(2,3)4)54(29)27-46(50,51)28-56-58(45(5,6)7,32-16-10-8-11-17-32)33-18-12-9-13-19-33/h8-21,23-24,29,31,40,42,52H,22,25-28H2,1-7H3/t29-,40?,42-/m1/s1. The van der Waals surface area contributed by atoms with Crippen molar-refractivity contribution in [2.24, 2.45) is 5.92 Å². The molecule has 308 valence electrons. The maximum atomic E-state index is 16.9. The maximum Gasteiger partial charge on any atom is 0.410 e. The third kappa shape index (κ3) is 7.95. The van der Waals surface area contributed by atoms with E-state index in [1.54, 1.807) is 27.7 Å². The highest BCUT2D eigenvalue weighted by Gasteiger charge is 2.53. The lowest BCUT2D eigenvalue weighted by Gasteiger charge is -2.45. The fraction of sp³-hybridized carbons (Fsp3) is 0.413. The number of alkyl halides is 3. The summed E-state index contributed by atoms with van der Waals surface area (Å²) in [6.45, 7) is 11.3. The minimum Gasteiger partial charge on any atom is -0.444 e. The third-order valence-electron chi connectivity index (χ3n) is 11.5. The van der Waals surface area contributed by atoms with Crippen LogP contribution in [0.1, 0.15) is 83.1 Å². The molecule has 1 unspecified atom stereocenters. The van der Waals surface area contributed by atoms with Gasteiger partial charge in [-0.3, -0.25) is 4.90 Å². The van der Waals surface area contributed by atoms with Gasteiger partial charge in [0.05, 0.1) is 19.2 Å². The number of hydrogen-bond acceptors (Lipinski definition) is 4. The molecule has 0 spiro atoms. The Labute approximate surface area is 338 Å². The van der Waals surface area contributed by atoms with E-state index in [2.05, 4.69) is 4.98 Å². The summed E-state index contributed by atoms with van der Waals surface area (Å²) >= 11 is 0. The number of nitrogens with zero attached hydrogens (tertiary/aromatic N) is 2. The predicted molar refractivity (Wildman–Crippen MR) is 220 cm³/mol. The van der Waals surface area contributed by atoms with Crippen LogP contribution in [-0.2, 0) is 15.6 Å². The molecule has 4 aromatic carbocycles. The van der Waals surface area contributed by atoms with E-state index in [1.165, 1.54) is 9.80 Å². The fourth-order valence-electron chi connectivity index (χ4n) is 8.82. The number of benzene rings is 4. The molecule has 0 aliphatic carbocycles. The van der Waals surface area contributed by atoms with E-state index in [0.717, 1.165) is 33.5 Å². The molecule has 3 heterocycles. The SMILES string of the molecule is C[C@@H]1Cc2c([nH]c3ccccc23)[C@@H](c2c(F)cc(C(F)C3CN(C(=O)OC(C)(C)C)C3)cc2F)N1CC(F)(F)CO[Si](c1ccccc1)(c1ccccc1)C(C)(C)C. The number of likely N-dealkylation sites (tertiary alicyclic amines) is 1. The van der Waals surface area contributed by atoms with Crippen molar-refractivity contribution in [3.05, 3.63) is 131 Å². The first kappa shape index (κ1) is 41.6. The fourth-order valence-corrected chi connectivity index (χ4v) is 13.4. The van der Waals surface area contributed by atoms with E-state index >= 15 is 22.0 Å². The van der Waals surface area contributed by atoms with Crippen molar-refractivity contribution in [1.29, 1.82) is 0 Å². The van der Waals surface area contributed by atoms with Gasteiger partial charge in [-0.25, -0.2) is 26.7 Å². The topological polar surface area (TPSA) is 57.8 Å². The Kier molecular flexibility index (Phi) is 11.2. The van der Waals surface area contributed by atoms with E-state index in [9.17, 15) is 4.79 Å². The Balaban J connectivity index is 1.22. The van der Waals surface area contributed by atoms with Crippen molar-refractivity contribution in [1.82, 2.24) is 14.8 Å². The van der Waals surface area contributed by atoms with Crippen molar-refractivity contribution >= 4 is 35.7 Å². The van der Waals surface area contributed by atoms with Gasteiger partial charge in [0.25, 0.3) is 14.2 Å². The summed E-state index contributed by atoms with van der Waals surface area (Å²) in [5, 5.41) is 2.00. The minimum absolute atomic E-state index is 0.0263. The number of aromatic amines is 1. The van der Waals surface area contributed by atoms with Crippen molar-refractivity contribution < 1.29 is 35.9 Å². The van der Waals surface area contributed by atoms with E-state index in [0.29, 0.717) is 17.6 Å². The van der Waals surface area contributed by atoms with Crippen LogP contribution in [0, 0.1) is 17.6 Å². The number of aromatic nitrogens is 1. The molecule has 58 heavy (non-hydrogen) atoms. The van der Waals surface area contributed by atoms with Crippen LogP contribution in [0.4, 0.5) is 26.7 Å². The van der Waals surface area contributed by atoms with Gasteiger partial charge in [0, 0.05) is 47.2 Å². The molecule has 3 atom stereocenters. The summed E-state index contributed by atoms with van der Waals surface area (Å²) < 4.78 is 94.8. The number of ether oxygens (including phenoxy) is 1. The molecule has 5 aromatic rings. The first-order chi connectivity index (χ1) is 27.3. The van der Waals surface area contributed by atoms with Gasteiger partial charge in [0.1, 0.15) is 23.4 Å². The van der Waals surface area contributed by atoms with Crippen LogP contribution in [0.2, 0.25) is 5.04 Å². The van der Waals surface area contributed by atoms with E-state index in [1.807, 2.05) is 106 Å². The molecule has 1 fully saturated rings. The van der Waals surface area contributed by atoms with Crippen molar-refractivity contribution in [2.75, 3.05) is 26.2 Å². The van der Waals surface area contributed by atoms with Gasteiger partial charge < -0.3 is 19.0 Å². The monoisotopic (exact) mass is 817 g/mol. The number of carbonyl (C=O) groups is 1. The number of para-hydroxylation sites is 1. The zero-order chi connectivity index (χ0) is 41.8. The first-order valence-corrected chi connectivity index (χ1v) is 21.8. The number of carbonyl (C=O) groups excluding carboxylic acids is 1. The Bertz CT molecular complexity index is 2190. The summed E-state index contributed by atoms with van der Waals surface area (Å²) in [6.07, 6.45) is -2.01. The van der Waals surface area contributed by atoms with Gasteiger partial charge in [-0.1, -0.05) is 99.6 Å². The van der Waals surface area contributed by atoms with Crippen LogP contribution in [0.25, 0.3) is 10.9 Å². The van der Waals surface area contributed by atoms with Gasteiger partial charge >= 0.3 is 6.09 Å². The van der Waals surface area contributed by atoms with Gasteiger partial charge in [-0.15, -0.1) is 0 Å². The van der Waals surface area contributed by atoms with Gasteiger partial charge in [-0.2, -0.15) is 0 Å². The summed E-state index contributed by atoms with van der Waals surface area (Å²) in [7, 11) is -3.36. The smallest absolute Gasteiger partial charge is 0.410 e. The number of H-pyrrole nitrogens is 1. The molecule has 2 aliphatic rings. The van der Waals surface area contributed by atoms with Crippen LogP contribution in [0.3, 0.4) is 0 Å². The van der Waals surface area contributed by atoms with Crippen molar-refractivity contribution in [3.8, 4) is 0 Å². The lowest BCUT2D eigenvalue weighted by molar-refractivity contribution is -0.0825. The van der Waals surface area contributed by atoms with Crippen LogP contribution in [-0.4, -0.2) is 73.0 Å². The highest BCUT2D eigenvalue weighted by atomic mass is 28.4. The van der Waals surface area contributed by atoms with Crippen LogP contribution in [0.15, 0.2) is 97.1 Å². The Morgan fingerprint density at radius 1 is 0.862 bits per heavy atom. The normalized spacial score (nSPS) is 18.9. The van der Waals surface area contributed by atoms with E-state index < -0.39 is 85.5 Å². The van der Waals surface area contributed by atoms with Gasteiger partial charge in [0.2, 0.25) is 0 Å². The average Bonchev–Trinajstić information content (AvgIpc) is 3.49. The summed E-state index contributed by atoms with van der Waals surface area (Å²) in [5.74, 6) is -6.24.